The van der Waals surface area contributed by atoms with Crippen LogP contribution in [0.2, 0.25) is 0 Å². The van der Waals surface area contributed by atoms with Gasteiger partial charge in [-0.05, 0) is 32.0 Å². The molecule has 0 aliphatic rings. The Bertz CT molecular complexity index is 1600. The second kappa shape index (κ2) is 9.62. The maximum Gasteiger partial charge on any atom is 0.274 e. The van der Waals surface area contributed by atoms with Crippen LogP contribution >= 0.6 is 0 Å². The van der Waals surface area contributed by atoms with Crippen molar-refractivity contribution in [3.05, 3.63) is 90.8 Å². The number of pyridine rings is 1. The highest BCUT2D eigenvalue weighted by molar-refractivity contribution is 5.99. The van der Waals surface area contributed by atoms with Crippen LogP contribution in [0.5, 0.6) is 5.75 Å². The third-order valence-corrected chi connectivity index (χ3v) is 5.98. The second-order valence-corrected chi connectivity index (χ2v) is 8.95. The second-order valence-electron chi connectivity index (χ2n) is 8.95. The highest BCUT2D eigenvalue weighted by Gasteiger charge is 2.30. The number of anilines is 1. The van der Waals surface area contributed by atoms with E-state index in [9.17, 15) is 4.79 Å². The van der Waals surface area contributed by atoms with Gasteiger partial charge in [0.25, 0.3) is 5.91 Å². The summed E-state index contributed by atoms with van der Waals surface area (Å²) in [5, 5.41) is 3.92. The third kappa shape index (κ3) is 4.66. The Morgan fingerprint density at radius 2 is 1.73 bits per heavy atom. The molecule has 3 heterocycles. The van der Waals surface area contributed by atoms with Crippen LogP contribution in [0.3, 0.4) is 0 Å². The van der Waals surface area contributed by atoms with Gasteiger partial charge < -0.3 is 15.8 Å². The number of hydrogen-bond acceptors (Lipinski definition) is 8. The number of fused-ring (bicyclic) bond motifs is 1. The van der Waals surface area contributed by atoms with Crippen LogP contribution in [-0.2, 0) is 5.54 Å². The minimum atomic E-state index is -0.910. The summed E-state index contributed by atoms with van der Waals surface area (Å²) in [6, 6.07) is 19.3. The van der Waals surface area contributed by atoms with Gasteiger partial charge in [0, 0.05) is 22.7 Å². The lowest BCUT2D eigenvalue weighted by Crippen LogP contribution is -2.42. The van der Waals surface area contributed by atoms with Crippen LogP contribution in [-0.4, -0.2) is 37.9 Å². The lowest BCUT2D eigenvalue weighted by atomic mass is 9.99. The van der Waals surface area contributed by atoms with E-state index in [1.807, 2.05) is 74.5 Å². The van der Waals surface area contributed by atoms with E-state index in [2.05, 4.69) is 25.3 Å². The Morgan fingerprint density at radius 1 is 0.946 bits per heavy atom. The van der Waals surface area contributed by atoms with Crippen molar-refractivity contribution in [2.75, 3.05) is 12.8 Å². The van der Waals surface area contributed by atoms with E-state index in [1.54, 1.807) is 12.4 Å². The summed E-state index contributed by atoms with van der Waals surface area (Å²) < 4.78 is 5.39. The van der Waals surface area contributed by atoms with Gasteiger partial charge in [-0.1, -0.05) is 42.5 Å². The van der Waals surface area contributed by atoms with Crippen molar-refractivity contribution < 1.29 is 9.53 Å². The van der Waals surface area contributed by atoms with Crippen LogP contribution in [0.25, 0.3) is 33.4 Å². The number of ether oxygens (including phenoxy) is 1. The number of nitrogens with zero attached hydrogens (tertiary/aromatic N) is 5. The van der Waals surface area contributed by atoms with Crippen LogP contribution in [0.1, 0.15) is 30.0 Å². The molecule has 0 spiro atoms. The first-order valence-electron chi connectivity index (χ1n) is 11.6. The topological polar surface area (TPSA) is 129 Å². The van der Waals surface area contributed by atoms with Crippen molar-refractivity contribution in [1.82, 2.24) is 30.2 Å². The average molecular weight is 492 g/mol. The maximum absolute atomic E-state index is 13.5. The molecule has 1 amide bonds. The lowest BCUT2D eigenvalue weighted by Gasteiger charge is -2.27. The monoisotopic (exact) mass is 491 g/mol. The summed E-state index contributed by atoms with van der Waals surface area (Å²) >= 11 is 0. The molecule has 3 N–H and O–H groups in total. The highest BCUT2D eigenvalue weighted by atomic mass is 16.5. The number of amides is 1. The Labute approximate surface area is 213 Å². The zero-order valence-corrected chi connectivity index (χ0v) is 20.6. The van der Waals surface area contributed by atoms with Gasteiger partial charge in [-0.25, -0.2) is 19.9 Å². The predicted molar refractivity (Wildman–Crippen MR) is 142 cm³/mol. The number of nitrogen functional groups attached to an aromatic ring is 1. The molecule has 9 heteroatoms. The summed E-state index contributed by atoms with van der Waals surface area (Å²) in [5.74, 6) is -0.0104. The first-order chi connectivity index (χ1) is 17.9. The minimum absolute atomic E-state index is 0.0158. The maximum atomic E-state index is 13.5. The molecule has 0 radical (unpaired) electrons. The molecule has 0 saturated heterocycles. The standard InChI is InChI=1S/C28H25N7O2/c1-28(2,25-21(37-3)15-30-16-32-25)35-27(36)24-26(29)34-22(17-8-5-4-6-9-17)23(33-24)19-11-12-20-18(14-19)10-7-13-31-20/h4-16H,1-3H3,(H2,29,34)(H,35,36). The molecule has 3 aromatic heterocycles. The number of rotatable bonds is 6. The van der Waals surface area contributed by atoms with E-state index in [0.717, 1.165) is 22.0 Å². The molecular weight excluding hydrogens is 466 g/mol. The summed E-state index contributed by atoms with van der Waals surface area (Å²) in [6.07, 6.45) is 4.70. The quantitative estimate of drug-likeness (QED) is 0.357. The van der Waals surface area contributed by atoms with E-state index in [1.165, 1.54) is 13.4 Å². The molecule has 0 aliphatic heterocycles. The van der Waals surface area contributed by atoms with Gasteiger partial charge in [0.15, 0.2) is 17.3 Å². The molecule has 9 nitrogen and oxygen atoms in total. The van der Waals surface area contributed by atoms with Crippen LogP contribution in [0.4, 0.5) is 5.82 Å². The van der Waals surface area contributed by atoms with Crippen molar-refractivity contribution >= 4 is 22.6 Å². The number of nitrogens with two attached hydrogens (primary N) is 1. The molecule has 0 fully saturated rings. The molecule has 0 bridgehead atoms. The van der Waals surface area contributed by atoms with Crippen molar-refractivity contribution in [1.29, 1.82) is 0 Å². The van der Waals surface area contributed by atoms with Crippen molar-refractivity contribution in [2.24, 2.45) is 0 Å². The van der Waals surface area contributed by atoms with Gasteiger partial charge in [0.2, 0.25) is 0 Å². The van der Waals surface area contributed by atoms with Gasteiger partial charge in [0.1, 0.15) is 12.0 Å². The Morgan fingerprint density at radius 3 is 2.51 bits per heavy atom. The summed E-state index contributed by atoms with van der Waals surface area (Å²) in [4.78, 5) is 35.6. The summed E-state index contributed by atoms with van der Waals surface area (Å²) in [7, 11) is 1.53. The Kier molecular flexibility index (Phi) is 6.19. The summed E-state index contributed by atoms with van der Waals surface area (Å²) in [6.45, 7) is 3.63. The normalized spacial score (nSPS) is 11.3. The number of hydrogen-bond donors (Lipinski definition) is 2. The fourth-order valence-electron chi connectivity index (χ4n) is 4.17. The number of nitrogens with one attached hydrogen (secondary N) is 1. The number of carbonyl (C=O) groups excluding carboxylic acids is 1. The molecule has 2 aromatic carbocycles. The van der Waals surface area contributed by atoms with Gasteiger partial charge in [-0.15, -0.1) is 0 Å². The molecule has 5 aromatic rings. The number of benzene rings is 2. The fourth-order valence-corrected chi connectivity index (χ4v) is 4.17. The predicted octanol–water partition coefficient (Wildman–Crippen LogP) is 4.40. The SMILES string of the molecule is COc1cncnc1C(C)(C)NC(=O)c1nc(-c2ccc3ncccc3c2)c(-c2ccccc2)nc1N. The van der Waals surface area contributed by atoms with Crippen molar-refractivity contribution in [3.8, 4) is 28.3 Å². The lowest BCUT2D eigenvalue weighted by molar-refractivity contribution is 0.0905. The highest BCUT2D eigenvalue weighted by Crippen LogP contribution is 2.33. The molecule has 5 rings (SSSR count). The molecule has 37 heavy (non-hydrogen) atoms. The van der Waals surface area contributed by atoms with E-state index in [0.29, 0.717) is 22.8 Å². The summed E-state index contributed by atoms with van der Waals surface area (Å²) in [5.41, 5.74) is 9.54. The van der Waals surface area contributed by atoms with Gasteiger partial charge in [0.05, 0.1) is 35.8 Å². The average Bonchev–Trinajstić information content (AvgIpc) is 2.92. The van der Waals surface area contributed by atoms with Gasteiger partial charge in [-0.2, -0.15) is 0 Å². The van der Waals surface area contributed by atoms with E-state index in [-0.39, 0.29) is 11.5 Å². The zero-order chi connectivity index (χ0) is 26.0. The van der Waals surface area contributed by atoms with E-state index < -0.39 is 11.4 Å². The fraction of sp³-hybridized carbons (Fsp3) is 0.143. The number of aromatic nitrogens is 5. The van der Waals surface area contributed by atoms with Crippen molar-refractivity contribution in [3.63, 3.8) is 0 Å². The first kappa shape index (κ1) is 23.8. The molecule has 0 atom stereocenters. The smallest absolute Gasteiger partial charge is 0.274 e. The minimum Gasteiger partial charge on any atom is -0.493 e. The molecular formula is C28H25N7O2. The van der Waals surface area contributed by atoms with E-state index in [4.69, 9.17) is 15.5 Å². The van der Waals surface area contributed by atoms with Crippen LogP contribution in [0, 0.1) is 0 Å². The zero-order valence-electron chi connectivity index (χ0n) is 20.6. The first-order valence-corrected chi connectivity index (χ1v) is 11.6. The molecule has 0 saturated carbocycles. The largest absolute Gasteiger partial charge is 0.493 e. The number of methoxy groups -OCH3 is 1. The molecule has 0 unspecified atom stereocenters. The molecule has 184 valence electrons. The Hall–Kier alpha value is -4.92. The van der Waals surface area contributed by atoms with Gasteiger partial charge in [-0.3, -0.25) is 9.78 Å². The van der Waals surface area contributed by atoms with Gasteiger partial charge >= 0.3 is 0 Å². The molecule has 0 aliphatic carbocycles. The van der Waals surface area contributed by atoms with E-state index >= 15 is 0 Å². The Balaban J connectivity index is 1.61. The van der Waals surface area contributed by atoms with Crippen LogP contribution < -0.4 is 15.8 Å². The third-order valence-electron chi connectivity index (χ3n) is 5.98. The van der Waals surface area contributed by atoms with Crippen molar-refractivity contribution in [2.45, 2.75) is 19.4 Å². The number of carbonyl (C=O) groups is 1. The van der Waals surface area contributed by atoms with Crippen LogP contribution in [0.15, 0.2) is 79.4 Å².